The minimum atomic E-state index is -0.588. The summed E-state index contributed by atoms with van der Waals surface area (Å²) in [5.41, 5.74) is 6.45. The number of hydrogen-bond acceptors (Lipinski definition) is 5. The number of ether oxygens (including phenoxy) is 1. The molecule has 1 aliphatic rings. The van der Waals surface area contributed by atoms with Crippen molar-refractivity contribution < 1.29 is 19.1 Å². The number of carbonyl (C=O) groups excluding carboxylic acids is 3. The molecule has 0 atom stereocenters. The molecule has 2 rings (SSSR count). The predicted octanol–water partition coefficient (Wildman–Crippen LogP) is 0.806. The molecule has 31 heavy (non-hydrogen) atoms. The van der Waals surface area contributed by atoms with Gasteiger partial charge in [0.25, 0.3) is 5.91 Å². The van der Waals surface area contributed by atoms with Gasteiger partial charge in [-0.15, -0.1) is 24.0 Å². The molecule has 1 aliphatic heterocycles. The minimum absolute atomic E-state index is 0. The number of carbonyl (C=O) groups is 3. The molecule has 172 valence electrons. The molecule has 0 aromatic heterocycles. The predicted molar refractivity (Wildman–Crippen MR) is 128 cm³/mol. The summed E-state index contributed by atoms with van der Waals surface area (Å²) in [6.07, 6.45) is 1.37. The molecule has 1 fully saturated rings. The van der Waals surface area contributed by atoms with Crippen LogP contribution in [-0.4, -0.2) is 68.1 Å². The first-order valence-corrected chi connectivity index (χ1v) is 9.97. The standard InChI is InChI=1S/C20H30N6O4.HI/c1-3-30-20(29)26-10-8-16(9-11-26)25-19(22-2)24-12-14-4-6-15(7-5-14)18(28)23-13-17(21)27;/h4-7,16H,3,8-13H2,1-2H3,(H2,21,27)(H,23,28)(H2,22,24,25);1H. The van der Waals surface area contributed by atoms with E-state index >= 15 is 0 Å². The van der Waals surface area contributed by atoms with E-state index in [1.165, 1.54) is 0 Å². The SMILES string of the molecule is CCOC(=O)N1CCC(NC(=NC)NCc2ccc(C(=O)NCC(N)=O)cc2)CC1.I. The smallest absolute Gasteiger partial charge is 0.409 e. The maximum absolute atomic E-state index is 11.9. The fourth-order valence-electron chi connectivity index (χ4n) is 3.04. The van der Waals surface area contributed by atoms with Gasteiger partial charge in [-0.2, -0.15) is 0 Å². The molecule has 0 unspecified atom stereocenters. The van der Waals surface area contributed by atoms with Crippen LogP contribution < -0.4 is 21.7 Å². The zero-order valence-electron chi connectivity index (χ0n) is 17.8. The van der Waals surface area contributed by atoms with E-state index in [0.717, 1.165) is 18.4 Å². The molecule has 0 spiro atoms. The van der Waals surface area contributed by atoms with Gasteiger partial charge in [0, 0.05) is 38.3 Å². The maximum atomic E-state index is 11.9. The number of amides is 3. The van der Waals surface area contributed by atoms with Crippen molar-refractivity contribution in [1.82, 2.24) is 20.9 Å². The summed E-state index contributed by atoms with van der Waals surface area (Å²) in [5, 5.41) is 9.07. The molecule has 10 nitrogen and oxygen atoms in total. The van der Waals surface area contributed by atoms with Crippen LogP contribution in [0.15, 0.2) is 29.3 Å². The summed E-state index contributed by atoms with van der Waals surface area (Å²) in [5.74, 6) is -0.262. The van der Waals surface area contributed by atoms with Gasteiger partial charge in [-0.3, -0.25) is 14.6 Å². The summed E-state index contributed by atoms with van der Waals surface area (Å²) in [6.45, 7) is 3.81. The zero-order chi connectivity index (χ0) is 21.9. The quantitative estimate of drug-likeness (QED) is 0.227. The van der Waals surface area contributed by atoms with Crippen LogP contribution in [0.5, 0.6) is 0 Å². The molecule has 1 heterocycles. The Morgan fingerprint density at radius 3 is 2.35 bits per heavy atom. The van der Waals surface area contributed by atoms with Crippen LogP contribution in [0.2, 0.25) is 0 Å². The summed E-state index contributed by atoms with van der Waals surface area (Å²) >= 11 is 0. The van der Waals surface area contributed by atoms with Crippen LogP contribution in [0, 0.1) is 0 Å². The molecule has 0 aliphatic carbocycles. The van der Waals surface area contributed by atoms with E-state index in [1.54, 1.807) is 31.0 Å². The highest BCUT2D eigenvalue weighted by Gasteiger charge is 2.24. The van der Waals surface area contributed by atoms with Crippen LogP contribution in [0.4, 0.5) is 4.79 Å². The lowest BCUT2D eigenvalue weighted by Gasteiger charge is -2.32. The van der Waals surface area contributed by atoms with Crippen LogP contribution >= 0.6 is 24.0 Å². The van der Waals surface area contributed by atoms with E-state index in [2.05, 4.69) is 20.9 Å². The molecule has 11 heteroatoms. The first-order chi connectivity index (χ1) is 14.4. The van der Waals surface area contributed by atoms with Gasteiger partial charge in [-0.25, -0.2) is 4.79 Å². The average molecular weight is 546 g/mol. The van der Waals surface area contributed by atoms with Crippen molar-refractivity contribution in [1.29, 1.82) is 0 Å². The second-order valence-corrected chi connectivity index (χ2v) is 6.88. The Morgan fingerprint density at radius 1 is 1.16 bits per heavy atom. The fraction of sp³-hybridized carbons (Fsp3) is 0.500. The van der Waals surface area contributed by atoms with Crippen molar-refractivity contribution in [2.75, 3.05) is 33.3 Å². The van der Waals surface area contributed by atoms with Gasteiger partial charge in [-0.05, 0) is 37.5 Å². The monoisotopic (exact) mass is 546 g/mol. The van der Waals surface area contributed by atoms with Crippen molar-refractivity contribution in [3.05, 3.63) is 35.4 Å². The number of nitrogens with two attached hydrogens (primary N) is 1. The molecule has 3 amide bonds. The molecule has 0 bridgehead atoms. The number of likely N-dealkylation sites (tertiary alicyclic amines) is 1. The van der Waals surface area contributed by atoms with Crippen LogP contribution in [0.3, 0.4) is 0 Å². The van der Waals surface area contributed by atoms with Crippen molar-refractivity contribution in [3.63, 3.8) is 0 Å². The maximum Gasteiger partial charge on any atom is 0.409 e. The van der Waals surface area contributed by atoms with E-state index in [0.29, 0.717) is 37.8 Å². The molecule has 1 aromatic carbocycles. The number of rotatable bonds is 7. The second-order valence-electron chi connectivity index (χ2n) is 6.88. The lowest BCUT2D eigenvalue weighted by molar-refractivity contribution is -0.117. The normalized spacial score (nSPS) is 14.3. The molecule has 1 saturated heterocycles. The lowest BCUT2D eigenvalue weighted by atomic mass is 10.1. The third kappa shape index (κ3) is 8.99. The van der Waals surface area contributed by atoms with Crippen molar-refractivity contribution in [2.24, 2.45) is 10.7 Å². The number of piperidine rings is 1. The number of halogens is 1. The highest BCUT2D eigenvalue weighted by molar-refractivity contribution is 14.0. The summed E-state index contributed by atoms with van der Waals surface area (Å²) in [7, 11) is 1.70. The Balaban J connectivity index is 0.00000480. The van der Waals surface area contributed by atoms with E-state index < -0.39 is 5.91 Å². The van der Waals surface area contributed by atoms with Crippen molar-refractivity contribution in [2.45, 2.75) is 32.4 Å². The summed E-state index contributed by atoms with van der Waals surface area (Å²) in [4.78, 5) is 40.4. The van der Waals surface area contributed by atoms with Crippen molar-refractivity contribution in [3.8, 4) is 0 Å². The van der Waals surface area contributed by atoms with Gasteiger partial charge in [0.05, 0.1) is 13.2 Å². The molecule has 5 N–H and O–H groups in total. The zero-order valence-corrected chi connectivity index (χ0v) is 20.2. The highest BCUT2D eigenvalue weighted by atomic mass is 127. The summed E-state index contributed by atoms with van der Waals surface area (Å²) in [6, 6.07) is 7.26. The van der Waals surface area contributed by atoms with Crippen LogP contribution in [0.1, 0.15) is 35.7 Å². The van der Waals surface area contributed by atoms with E-state index in [1.807, 2.05) is 12.1 Å². The summed E-state index contributed by atoms with van der Waals surface area (Å²) < 4.78 is 5.04. The number of aliphatic imine (C=N–C) groups is 1. The van der Waals surface area contributed by atoms with Gasteiger partial charge in [0.2, 0.25) is 5.91 Å². The third-order valence-electron chi connectivity index (χ3n) is 4.68. The molecule has 0 radical (unpaired) electrons. The molecular formula is C20H31IN6O4. The Labute approximate surface area is 199 Å². The van der Waals surface area contributed by atoms with Gasteiger partial charge < -0.3 is 31.3 Å². The number of primary amides is 1. The van der Waals surface area contributed by atoms with Gasteiger partial charge in [-0.1, -0.05) is 12.1 Å². The molecular weight excluding hydrogens is 515 g/mol. The number of benzene rings is 1. The lowest BCUT2D eigenvalue weighted by Crippen LogP contribution is -2.49. The van der Waals surface area contributed by atoms with Gasteiger partial charge in [0.1, 0.15) is 0 Å². The Kier molecular flexibility index (Phi) is 11.7. The largest absolute Gasteiger partial charge is 0.450 e. The highest BCUT2D eigenvalue weighted by Crippen LogP contribution is 2.11. The minimum Gasteiger partial charge on any atom is -0.450 e. The molecule has 0 saturated carbocycles. The van der Waals surface area contributed by atoms with E-state index in [9.17, 15) is 14.4 Å². The second kappa shape index (κ2) is 13.7. The first kappa shape index (κ1) is 26.5. The number of guanidine groups is 1. The number of nitrogens with one attached hydrogen (secondary N) is 3. The van der Waals surface area contributed by atoms with Crippen LogP contribution in [-0.2, 0) is 16.1 Å². The van der Waals surface area contributed by atoms with Crippen LogP contribution in [0.25, 0.3) is 0 Å². The Hall–Kier alpha value is -2.57. The number of hydrogen-bond donors (Lipinski definition) is 4. The fourth-order valence-corrected chi connectivity index (χ4v) is 3.04. The first-order valence-electron chi connectivity index (χ1n) is 9.97. The van der Waals surface area contributed by atoms with Crippen molar-refractivity contribution >= 4 is 47.8 Å². The topological polar surface area (TPSA) is 138 Å². The Bertz CT molecular complexity index is 763. The van der Waals surface area contributed by atoms with E-state index in [4.69, 9.17) is 10.5 Å². The molecule has 1 aromatic rings. The average Bonchev–Trinajstić information content (AvgIpc) is 2.75. The number of nitrogens with zero attached hydrogens (tertiary/aromatic N) is 2. The Morgan fingerprint density at radius 2 is 1.81 bits per heavy atom. The van der Waals surface area contributed by atoms with Gasteiger partial charge in [0.15, 0.2) is 5.96 Å². The third-order valence-corrected chi connectivity index (χ3v) is 4.68. The van der Waals surface area contributed by atoms with E-state index in [-0.39, 0.29) is 48.6 Å². The van der Waals surface area contributed by atoms with Gasteiger partial charge >= 0.3 is 6.09 Å².